The van der Waals surface area contributed by atoms with Gasteiger partial charge in [0.2, 0.25) is 0 Å². The van der Waals surface area contributed by atoms with Gasteiger partial charge in [0.15, 0.2) is 0 Å². The highest BCUT2D eigenvalue weighted by molar-refractivity contribution is 5.94. The summed E-state index contributed by atoms with van der Waals surface area (Å²) in [4.78, 5) is 15.1. The van der Waals surface area contributed by atoms with Crippen molar-refractivity contribution in [2.45, 2.75) is 37.4 Å². The van der Waals surface area contributed by atoms with E-state index < -0.39 is 0 Å². The maximum Gasteiger partial charge on any atom is 0.254 e. The van der Waals surface area contributed by atoms with Crippen LogP contribution in [0.15, 0.2) is 36.7 Å². The van der Waals surface area contributed by atoms with E-state index in [4.69, 9.17) is 4.74 Å². The summed E-state index contributed by atoms with van der Waals surface area (Å²) >= 11 is 0. The molecule has 25 heavy (non-hydrogen) atoms. The molecule has 1 saturated heterocycles. The van der Waals surface area contributed by atoms with Gasteiger partial charge in [0.05, 0.1) is 31.0 Å². The fraction of sp³-hybridized carbons (Fsp3) is 0.474. The average Bonchev–Trinajstić information content (AvgIpc) is 3.24. The van der Waals surface area contributed by atoms with E-state index in [2.05, 4.69) is 27.4 Å². The van der Waals surface area contributed by atoms with Crippen molar-refractivity contribution in [2.75, 3.05) is 13.7 Å². The van der Waals surface area contributed by atoms with Crippen molar-refractivity contribution >= 4 is 5.91 Å². The summed E-state index contributed by atoms with van der Waals surface area (Å²) < 4.78 is 7.05. The molecule has 2 aliphatic rings. The van der Waals surface area contributed by atoms with Crippen LogP contribution in [0.3, 0.4) is 0 Å². The molecule has 0 unspecified atom stereocenters. The summed E-state index contributed by atoms with van der Waals surface area (Å²) in [7, 11) is 3.51. The molecule has 1 aliphatic heterocycles. The van der Waals surface area contributed by atoms with Crippen molar-refractivity contribution in [3.8, 4) is 5.75 Å². The number of nitrogens with zero attached hydrogens (tertiary/aromatic N) is 3. The quantitative estimate of drug-likeness (QED) is 0.906. The van der Waals surface area contributed by atoms with E-state index in [0.717, 1.165) is 18.7 Å². The lowest BCUT2D eigenvalue weighted by molar-refractivity contribution is 0.0923. The molecule has 0 radical (unpaired) electrons. The number of methoxy groups -OCH3 is 1. The summed E-state index contributed by atoms with van der Waals surface area (Å²) in [6.07, 6.45) is 6.84. The second-order valence-corrected chi connectivity index (χ2v) is 6.96. The van der Waals surface area contributed by atoms with Crippen molar-refractivity contribution in [1.29, 1.82) is 0 Å². The normalized spacial score (nSPS) is 23.6. The Morgan fingerprint density at radius 1 is 1.32 bits per heavy atom. The lowest BCUT2D eigenvalue weighted by Gasteiger charge is -2.29. The van der Waals surface area contributed by atoms with E-state index in [0.29, 0.717) is 11.6 Å². The number of hydrogen-bond acceptors (Lipinski definition) is 4. The molecule has 6 nitrogen and oxygen atoms in total. The molecule has 1 aliphatic carbocycles. The zero-order chi connectivity index (χ0) is 17.4. The topological polar surface area (TPSA) is 59.4 Å². The van der Waals surface area contributed by atoms with Crippen LogP contribution in [0.5, 0.6) is 5.75 Å². The number of carbonyl (C=O) groups excluding carboxylic acids is 1. The van der Waals surface area contributed by atoms with Gasteiger partial charge in [-0.25, -0.2) is 0 Å². The molecule has 2 aromatic rings. The molecule has 1 N–H and O–H groups in total. The molecule has 4 rings (SSSR count). The van der Waals surface area contributed by atoms with Gasteiger partial charge in [-0.2, -0.15) is 5.10 Å². The molecule has 1 aromatic heterocycles. The van der Waals surface area contributed by atoms with Crippen LogP contribution in [0.1, 0.15) is 41.2 Å². The predicted octanol–water partition coefficient (Wildman–Crippen LogP) is 2.14. The smallest absolute Gasteiger partial charge is 0.254 e. The minimum Gasteiger partial charge on any atom is -0.497 e. The van der Waals surface area contributed by atoms with Crippen LogP contribution < -0.4 is 10.1 Å². The van der Waals surface area contributed by atoms with E-state index in [1.807, 2.05) is 19.2 Å². The van der Waals surface area contributed by atoms with Gasteiger partial charge in [-0.3, -0.25) is 14.4 Å². The first kappa shape index (κ1) is 16.1. The Morgan fingerprint density at radius 3 is 2.84 bits per heavy atom. The van der Waals surface area contributed by atoms with Crippen LogP contribution in [0.25, 0.3) is 0 Å². The number of ether oxygens (including phenoxy) is 1. The summed E-state index contributed by atoms with van der Waals surface area (Å²) in [6.45, 7) is 1.02. The summed E-state index contributed by atoms with van der Waals surface area (Å²) in [5.41, 5.74) is 1.82. The van der Waals surface area contributed by atoms with Crippen molar-refractivity contribution in [3.05, 3.63) is 47.8 Å². The summed E-state index contributed by atoms with van der Waals surface area (Å²) in [5, 5.41) is 7.33. The highest BCUT2D eigenvalue weighted by Gasteiger charge is 2.43. The van der Waals surface area contributed by atoms with Crippen molar-refractivity contribution in [2.24, 2.45) is 7.05 Å². The summed E-state index contributed by atoms with van der Waals surface area (Å²) in [5.74, 6) is 0.807. The molecular weight excluding hydrogens is 316 g/mol. The van der Waals surface area contributed by atoms with Gasteiger partial charge in [-0.15, -0.1) is 0 Å². The van der Waals surface area contributed by atoms with Crippen LogP contribution in [0.2, 0.25) is 0 Å². The van der Waals surface area contributed by atoms with Crippen molar-refractivity contribution < 1.29 is 9.53 Å². The SMILES string of the molecule is COc1cccc([C@H]2[C@@H](NC(=O)c3cnn(C)c3)CCN2C2CC2)c1. The number of amides is 1. The maximum absolute atomic E-state index is 12.6. The van der Waals surface area contributed by atoms with Gasteiger partial charge >= 0.3 is 0 Å². The van der Waals surface area contributed by atoms with E-state index in [-0.39, 0.29) is 18.0 Å². The van der Waals surface area contributed by atoms with Crippen LogP contribution in [-0.4, -0.2) is 46.3 Å². The number of hydrogen-bond donors (Lipinski definition) is 1. The Morgan fingerprint density at radius 2 is 2.16 bits per heavy atom. The third kappa shape index (κ3) is 3.26. The van der Waals surface area contributed by atoms with Gasteiger partial charge in [-0.05, 0) is 37.0 Å². The third-order valence-corrected chi connectivity index (χ3v) is 5.17. The number of carbonyl (C=O) groups is 1. The Balaban J connectivity index is 1.58. The van der Waals surface area contributed by atoms with Gasteiger partial charge in [0, 0.05) is 25.8 Å². The lowest BCUT2D eigenvalue weighted by atomic mass is 9.99. The minimum absolute atomic E-state index is 0.0522. The number of rotatable bonds is 5. The molecule has 2 atom stereocenters. The third-order valence-electron chi connectivity index (χ3n) is 5.17. The van der Waals surface area contributed by atoms with Gasteiger partial charge < -0.3 is 10.1 Å². The number of benzene rings is 1. The average molecular weight is 340 g/mol. The van der Waals surface area contributed by atoms with Crippen LogP contribution >= 0.6 is 0 Å². The molecular formula is C19H24N4O2. The molecule has 2 heterocycles. The number of aromatic nitrogens is 2. The van der Waals surface area contributed by atoms with E-state index in [1.54, 1.807) is 24.2 Å². The van der Waals surface area contributed by atoms with E-state index in [9.17, 15) is 4.79 Å². The van der Waals surface area contributed by atoms with Crippen LogP contribution in [-0.2, 0) is 7.05 Å². The molecule has 132 valence electrons. The largest absolute Gasteiger partial charge is 0.497 e. The highest BCUT2D eigenvalue weighted by atomic mass is 16.5. The van der Waals surface area contributed by atoms with Gasteiger partial charge in [0.1, 0.15) is 5.75 Å². The van der Waals surface area contributed by atoms with E-state index in [1.165, 1.54) is 18.4 Å². The maximum atomic E-state index is 12.6. The minimum atomic E-state index is -0.0522. The Kier molecular flexibility index (Phi) is 4.21. The number of aryl methyl sites for hydroxylation is 1. The molecule has 0 spiro atoms. The molecule has 2 fully saturated rings. The van der Waals surface area contributed by atoms with Crippen LogP contribution in [0, 0.1) is 0 Å². The Bertz CT molecular complexity index is 768. The van der Waals surface area contributed by atoms with Gasteiger partial charge in [-0.1, -0.05) is 12.1 Å². The predicted molar refractivity (Wildman–Crippen MR) is 94.5 cm³/mol. The monoisotopic (exact) mass is 340 g/mol. The lowest BCUT2D eigenvalue weighted by Crippen LogP contribution is -2.40. The molecule has 1 saturated carbocycles. The molecule has 6 heteroatoms. The Hall–Kier alpha value is -2.34. The first-order chi connectivity index (χ1) is 12.2. The number of nitrogens with one attached hydrogen (secondary N) is 1. The first-order valence-corrected chi connectivity index (χ1v) is 8.85. The molecule has 0 bridgehead atoms. The number of likely N-dealkylation sites (tertiary alicyclic amines) is 1. The van der Waals surface area contributed by atoms with Crippen molar-refractivity contribution in [1.82, 2.24) is 20.0 Å². The second-order valence-electron chi connectivity index (χ2n) is 6.96. The fourth-order valence-corrected chi connectivity index (χ4v) is 3.82. The zero-order valence-electron chi connectivity index (χ0n) is 14.7. The van der Waals surface area contributed by atoms with Crippen LogP contribution in [0.4, 0.5) is 0 Å². The second kappa shape index (κ2) is 6.52. The molecule has 1 amide bonds. The zero-order valence-corrected chi connectivity index (χ0v) is 14.7. The molecule has 1 aromatic carbocycles. The first-order valence-electron chi connectivity index (χ1n) is 8.85. The fourth-order valence-electron chi connectivity index (χ4n) is 3.82. The van der Waals surface area contributed by atoms with Crippen molar-refractivity contribution in [3.63, 3.8) is 0 Å². The van der Waals surface area contributed by atoms with Gasteiger partial charge in [0.25, 0.3) is 5.91 Å². The van der Waals surface area contributed by atoms with E-state index >= 15 is 0 Å². The Labute approximate surface area is 147 Å². The summed E-state index contributed by atoms with van der Waals surface area (Å²) in [6, 6.07) is 9.16. The standard InChI is InChI=1S/C19H24N4O2/c1-22-12-14(11-20-22)19(24)21-17-8-9-23(15-6-7-15)18(17)13-4-3-5-16(10-13)25-2/h3-5,10-12,15,17-18H,6-9H2,1-2H3,(H,21,24)/t17-,18-/m0/s1. The highest BCUT2D eigenvalue weighted by Crippen LogP contribution is 2.41.